The van der Waals surface area contributed by atoms with E-state index in [0.717, 1.165) is 0 Å². The molecule has 3 aromatic carbocycles. The molecule has 0 spiro atoms. The summed E-state index contributed by atoms with van der Waals surface area (Å²) in [5.74, 6) is -1.75. The fourth-order valence-corrected chi connectivity index (χ4v) is 2.26. The van der Waals surface area contributed by atoms with Crippen LogP contribution >= 0.6 is 0 Å². The minimum absolute atomic E-state index is 0.152. The summed E-state index contributed by atoms with van der Waals surface area (Å²) in [5.41, 5.74) is 1.42. The second-order valence-corrected chi connectivity index (χ2v) is 5.38. The molecule has 5 nitrogen and oxygen atoms in total. The van der Waals surface area contributed by atoms with Crippen LogP contribution in [0.1, 0.15) is 36.6 Å². The van der Waals surface area contributed by atoms with Gasteiger partial charge in [0.2, 0.25) is 0 Å². The van der Waals surface area contributed by atoms with Gasteiger partial charge in [-0.15, -0.1) is 0 Å². The summed E-state index contributed by atoms with van der Waals surface area (Å²) in [5, 5.41) is 0. The van der Waals surface area contributed by atoms with E-state index in [-0.39, 0.29) is 16.9 Å². The van der Waals surface area contributed by atoms with Crippen molar-refractivity contribution in [1.29, 1.82) is 0 Å². The van der Waals surface area contributed by atoms with Gasteiger partial charge in [0.05, 0.1) is 11.1 Å². The van der Waals surface area contributed by atoms with Crippen LogP contribution in [0.2, 0.25) is 0 Å². The van der Waals surface area contributed by atoms with Gasteiger partial charge >= 0.3 is 11.9 Å². The molecule has 0 aliphatic heterocycles. The molecular formula is C21H14O5. The van der Waals surface area contributed by atoms with Gasteiger partial charge in [-0.3, -0.25) is 4.79 Å². The molecule has 128 valence electrons. The molecule has 3 rings (SSSR count). The van der Waals surface area contributed by atoms with E-state index in [1.54, 1.807) is 54.6 Å². The van der Waals surface area contributed by atoms with Crippen molar-refractivity contribution in [2.24, 2.45) is 0 Å². The molecule has 0 amide bonds. The molecule has 0 heterocycles. The normalized spacial score (nSPS) is 10.0. The number of hydrogen-bond acceptors (Lipinski definition) is 5. The highest BCUT2D eigenvalue weighted by Crippen LogP contribution is 2.12. The Hall–Kier alpha value is -3.73. The van der Waals surface area contributed by atoms with E-state index in [1.165, 1.54) is 24.3 Å². The Balaban J connectivity index is 1.62. The van der Waals surface area contributed by atoms with E-state index in [0.29, 0.717) is 11.1 Å². The van der Waals surface area contributed by atoms with Crippen LogP contribution in [-0.2, 0) is 9.78 Å². The third kappa shape index (κ3) is 4.02. The Morgan fingerprint density at radius 3 is 1.31 bits per heavy atom. The smallest absolute Gasteiger partial charge is 0.289 e. The second kappa shape index (κ2) is 7.90. The summed E-state index contributed by atoms with van der Waals surface area (Å²) in [6.45, 7) is 0. The molecule has 0 saturated carbocycles. The number of hydrogen-bond donors (Lipinski definition) is 0. The Labute approximate surface area is 149 Å². The number of benzene rings is 3. The van der Waals surface area contributed by atoms with Crippen molar-refractivity contribution >= 4 is 17.7 Å². The van der Waals surface area contributed by atoms with Gasteiger partial charge in [0.25, 0.3) is 0 Å². The van der Waals surface area contributed by atoms with E-state index >= 15 is 0 Å². The molecular weight excluding hydrogens is 332 g/mol. The third-order valence-corrected chi connectivity index (χ3v) is 3.62. The van der Waals surface area contributed by atoms with Gasteiger partial charge in [0.1, 0.15) is 0 Å². The van der Waals surface area contributed by atoms with Crippen LogP contribution < -0.4 is 0 Å². The van der Waals surface area contributed by atoms with Crippen LogP contribution in [0.5, 0.6) is 0 Å². The monoisotopic (exact) mass is 346 g/mol. The molecule has 0 aliphatic rings. The van der Waals surface area contributed by atoms with Gasteiger partial charge in [-0.2, -0.15) is 0 Å². The number of carbonyl (C=O) groups is 3. The lowest BCUT2D eigenvalue weighted by atomic mass is 10.0. The van der Waals surface area contributed by atoms with E-state index in [1.807, 2.05) is 6.07 Å². The third-order valence-electron chi connectivity index (χ3n) is 3.62. The van der Waals surface area contributed by atoms with Crippen LogP contribution in [-0.4, -0.2) is 17.7 Å². The fourth-order valence-electron chi connectivity index (χ4n) is 2.26. The van der Waals surface area contributed by atoms with E-state index in [9.17, 15) is 14.4 Å². The molecule has 0 aromatic heterocycles. The van der Waals surface area contributed by atoms with Crippen molar-refractivity contribution < 1.29 is 24.2 Å². The lowest BCUT2D eigenvalue weighted by Gasteiger charge is -2.05. The first-order valence-electron chi connectivity index (χ1n) is 7.83. The summed E-state index contributed by atoms with van der Waals surface area (Å²) in [4.78, 5) is 45.1. The Kier molecular flexibility index (Phi) is 5.19. The summed E-state index contributed by atoms with van der Waals surface area (Å²) < 4.78 is 0. The average molecular weight is 346 g/mol. The Bertz CT molecular complexity index is 916. The second-order valence-electron chi connectivity index (χ2n) is 5.38. The lowest BCUT2D eigenvalue weighted by molar-refractivity contribution is -0.187. The molecule has 26 heavy (non-hydrogen) atoms. The van der Waals surface area contributed by atoms with E-state index in [4.69, 9.17) is 0 Å². The highest BCUT2D eigenvalue weighted by Gasteiger charge is 2.15. The van der Waals surface area contributed by atoms with Gasteiger partial charge in [0.15, 0.2) is 5.78 Å². The van der Waals surface area contributed by atoms with Crippen LogP contribution in [0.4, 0.5) is 0 Å². The van der Waals surface area contributed by atoms with Crippen LogP contribution in [0, 0.1) is 0 Å². The SMILES string of the molecule is O=C(OOC(=O)c1ccc(C(=O)c2ccccc2)cc1)c1ccccc1. The molecule has 3 aromatic rings. The number of ketones is 1. The standard InChI is InChI=1S/C21H14O5/c22-19(15-7-3-1-4-8-15)16-11-13-18(14-12-16)21(24)26-25-20(23)17-9-5-2-6-10-17/h1-14H. The quantitative estimate of drug-likeness (QED) is 0.408. The van der Waals surface area contributed by atoms with Gasteiger partial charge in [-0.25, -0.2) is 19.4 Å². The largest absolute Gasteiger partial charge is 0.386 e. The van der Waals surface area contributed by atoms with E-state index < -0.39 is 11.9 Å². The van der Waals surface area contributed by atoms with Crippen LogP contribution in [0.15, 0.2) is 84.9 Å². The van der Waals surface area contributed by atoms with Crippen molar-refractivity contribution in [2.75, 3.05) is 0 Å². The molecule has 5 heteroatoms. The van der Waals surface area contributed by atoms with Crippen molar-refractivity contribution in [2.45, 2.75) is 0 Å². The summed E-state index contributed by atoms with van der Waals surface area (Å²) in [6, 6.07) is 22.9. The molecule has 0 saturated heterocycles. The zero-order valence-electron chi connectivity index (χ0n) is 13.6. The predicted molar refractivity (Wildman–Crippen MR) is 93.6 cm³/mol. The summed E-state index contributed by atoms with van der Waals surface area (Å²) >= 11 is 0. The van der Waals surface area contributed by atoms with Crippen LogP contribution in [0.3, 0.4) is 0 Å². The molecule has 0 N–H and O–H groups in total. The fraction of sp³-hybridized carbons (Fsp3) is 0. The highest BCUT2D eigenvalue weighted by molar-refractivity contribution is 6.09. The van der Waals surface area contributed by atoms with Crippen LogP contribution in [0.25, 0.3) is 0 Å². The van der Waals surface area contributed by atoms with Gasteiger partial charge in [-0.1, -0.05) is 60.7 Å². The molecule has 0 fully saturated rings. The molecule has 0 unspecified atom stereocenters. The van der Waals surface area contributed by atoms with Crippen molar-refractivity contribution in [1.82, 2.24) is 0 Å². The Morgan fingerprint density at radius 1 is 0.462 bits per heavy atom. The first kappa shape index (κ1) is 17.1. The minimum atomic E-state index is -0.826. The molecule has 0 radical (unpaired) electrons. The van der Waals surface area contributed by atoms with Crippen molar-refractivity contribution in [3.05, 3.63) is 107 Å². The van der Waals surface area contributed by atoms with Gasteiger partial charge < -0.3 is 0 Å². The first-order valence-corrected chi connectivity index (χ1v) is 7.83. The average Bonchev–Trinajstić information content (AvgIpc) is 2.72. The van der Waals surface area contributed by atoms with Gasteiger partial charge in [0, 0.05) is 11.1 Å². The topological polar surface area (TPSA) is 69.7 Å². The maximum absolute atomic E-state index is 12.3. The zero-order valence-corrected chi connectivity index (χ0v) is 13.6. The van der Waals surface area contributed by atoms with Gasteiger partial charge in [-0.05, 0) is 24.3 Å². The summed E-state index contributed by atoms with van der Waals surface area (Å²) in [6.07, 6.45) is 0. The predicted octanol–water partition coefficient (Wildman–Crippen LogP) is 3.85. The van der Waals surface area contributed by atoms with Crippen molar-refractivity contribution in [3.63, 3.8) is 0 Å². The molecule has 0 bridgehead atoms. The summed E-state index contributed by atoms with van der Waals surface area (Å²) in [7, 11) is 0. The molecule has 0 aliphatic carbocycles. The highest BCUT2D eigenvalue weighted by atomic mass is 17.2. The maximum Gasteiger partial charge on any atom is 0.386 e. The van der Waals surface area contributed by atoms with Crippen molar-refractivity contribution in [3.8, 4) is 0 Å². The first-order chi connectivity index (χ1) is 12.6. The maximum atomic E-state index is 12.3. The minimum Gasteiger partial charge on any atom is -0.289 e. The lowest BCUT2D eigenvalue weighted by Crippen LogP contribution is -2.12. The zero-order chi connectivity index (χ0) is 18.4. The van der Waals surface area contributed by atoms with E-state index in [2.05, 4.69) is 9.78 Å². The number of rotatable bonds is 4. The Morgan fingerprint density at radius 2 is 0.808 bits per heavy atom. The number of carbonyl (C=O) groups excluding carboxylic acids is 3. The molecule has 0 atom stereocenters.